The zero-order chi connectivity index (χ0) is 16.1. The number of piperidine rings is 1. The minimum atomic E-state index is 0.845. The highest BCUT2D eigenvalue weighted by Gasteiger charge is 2.18. The van der Waals surface area contributed by atoms with Crippen molar-refractivity contribution in [2.45, 2.75) is 32.6 Å². The van der Waals surface area contributed by atoms with Crippen molar-refractivity contribution in [3.8, 4) is 0 Å². The van der Waals surface area contributed by atoms with Crippen molar-refractivity contribution in [3.05, 3.63) is 30.1 Å². The Labute approximate surface area is 138 Å². The highest BCUT2D eigenvalue weighted by atomic mass is 15.3. The molecule has 0 amide bonds. The molecule has 0 bridgehead atoms. The summed E-state index contributed by atoms with van der Waals surface area (Å²) in [6.45, 7) is 5.49. The number of nitrogens with zero attached hydrogens (tertiary/aromatic N) is 3. The van der Waals surface area contributed by atoms with E-state index in [1.165, 1.54) is 12.8 Å². The van der Waals surface area contributed by atoms with Gasteiger partial charge in [-0.05, 0) is 37.3 Å². The van der Waals surface area contributed by atoms with Crippen LogP contribution in [0.25, 0.3) is 11.0 Å². The second-order valence-corrected chi connectivity index (χ2v) is 6.45. The molecule has 2 N–H and O–H groups in total. The number of benzene rings is 1. The van der Waals surface area contributed by atoms with E-state index in [0.29, 0.717) is 0 Å². The summed E-state index contributed by atoms with van der Waals surface area (Å²) in [5, 5.41) is 3.49. The molecule has 0 spiro atoms. The number of aromatic nitrogens is 2. The second kappa shape index (κ2) is 7.49. The third-order valence-electron chi connectivity index (χ3n) is 4.61. The van der Waals surface area contributed by atoms with Gasteiger partial charge in [0, 0.05) is 33.1 Å². The van der Waals surface area contributed by atoms with Crippen molar-refractivity contribution < 1.29 is 0 Å². The first kappa shape index (κ1) is 15.8. The van der Waals surface area contributed by atoms with Gasteiger partial charge in [-0.15, -0.1) is 0 Å². The number of hydrogen-bond acceptors (Lipinski definition) is 2. The zero-order valence-corrected chi connectivity index (χ0v) is 14.2. The minimum absolute atomic E-state index is 0.845. The molecule has 0 radical (unpaired) electrons. The van der Waals surface area contributed by atoms with E-state index in [1.54, 1.807) is 0 Å². The topological polar surface area (TPSA) is 56.3 Å². The average molecular weight is 313 g/mol. The summed E-state index contributed by atoms with van der Waals surface area (Å²) in [6.07, 6.45) is 4.53. The van der Waals surface area contributed by atoms with Crippen LogP contribution in [0.3, 0.4) is 0 Å². The Hall–Kier alpha value is -2.04. The first-order valence-electron chi connectivity index (χ1n) is 8.65. The number of aromatic amines is 1. The fraction of sp³-hybridized carbons (Fsp3) is 0.556. The van der Waals surface area contributed by atoms with Crippen LogP contribution in [0.15, 0.2) is 29.3 Å². The maximum atomic E-state index is 4.62. The Bertz CT molecular complexity index is 619. The Balaban J connectivity index is 1.45. The Morgan fingerprint density at radius 3 is 2.87 bits per heavy atom. The van der Waals surface area contributed by atoms with Crippen LogP contribution in [0.1, 0.15) is 32.0 Å². The summed E-state index contributed by atoms with van der Waals surface area (Å²) >= 11 is 0. The highest BCUT2D eigenvalue weighted by Crippen LogP contribution is 2.16. The molecule has 1 aliphatic heterocycles. The number of rotatable bonds is 4. The summed E-state index contributed by atoms with van der Waals surface area (Å²) in [6, 6.07) is 8.18. The molecule has 23 heavy (non-hydrogen) atoms. The molecule has 3 rings (SSSR count). The summed E-state index contributed by atoms with van der Waals surface area (Å²) < 4.78 is 0. The third-order valence-corrected chi connectivity index (χ3v) is 4.61. The van der Waals surface area contributed by atoms with Gasteiger partial charge in [-0.25, -0.2) is 4.98 Å². The molecular formula is C18H27N5. The number of imidazole rings is 1. The summed E-state index contributed by atoms with van der Waals surface area (Å²) in [5.41, 5.74) is 2.17. The number of hydrogen-bond donors (Lipinski definition) is 2. The van der Waals surface area contributed by atoms with Crippen molar-refractivity contribution >= 4 is 17.0 Å². The van der Waals surface area contributed by atoms with Crippen LogP contribution < -0.4 is 5.32 Å². The van der Waals surface area contributed by atoms with Crippen molar-refractivity contribution in [3.63, 3.8) is 0 Å². The second-order valence-electron chi connectivity index (χ2n) is 6.45. The van der Waals surface area contributed by atoms with Crippen LogP contribution in [0.5, 0.6) is 0 Å². The molecule has 0 atom stereocenters. The van der Waals surface area contributed by atoms with Crippen molar-refractivity contribution in [2.75, 3.05) is 26.7 Å². The van der Waals surface area contributed by atoms with Gasteiger partial charge < -0.3 is 15.2 Å². The average Bonchev–Trinajstić information content (AvgIpc) is 2.99. The van der Waals surface area contributed by atoms with E-state index >= 15 is 0 Å². The van der Waals surface area contributed by atoms with Crippen molar-refractivity contribution in [1.29, 1.82) is 0 Å². The van der Waals surface area contributed by atoms with Gasteiger partial charge in [-0.1, -0.05) is 19.1 Å². The molecule has 0 saturated carbocycles. The molecule has 1 aromatic heterocycles. The lowest BCUT2D eigenvalue weighted by molar-refractivity contribution is 0.273. The number of guanidine groups is 1. The van der Waals surface area contributed by atoms with E-state index in [9.17, 15) is 0 Å². The van der Waals surface area contributed by atoms with Gasteiger partial charge >= 0.3 is 0 Å². The smallest absolute Gasteiger partial charge is 0.193 e. The zero-order valence-electron chi connectivity index (χ0n) is 14.2. The van der Waals surface area contributed by atoms with E-state index in [4.69, 9.17) is 0 Å². The Morgan fingerprint density at radius 2 is 2.13 bits per heavy atom. The Morgan fingerprint density at radius 1 is 1.35 bits per heavy atom. The van der Waals surface area contributed by atoms with Crippen LogP contribution >= 0.6 is 0 Å². The number of H-pyrrole nitrogens is 1. The van der Waals surface area contributed by atoms with Gasteiger partial charge in [0.25, 0.3) is 0 Å². The van der Waals surface area contributed by atoms with Gasteiger partial charge in [-0.2, -0.15) is 0 Å². The monoisotopic (exact) mass is 313 g/mol. The van der Waals surface area contributed by atoms with Gasteiger partial charge in [0.05, 0.1) is 11.0 Å². The van der Waals surface area contributed by atoms with Crippen molar-refractivity contribution in [1.82, 2.24) is 20.2 Å². The molecule has 0 aliphatic carbocycles. The van der Waals surface area contributed by atoms with E-state index in [1.807, 2.05) is 25.2 Å². The molecule has 5 heteroatoms. The van der Waals surface area contributed by atoms with E-state index in [2.05, 4.69) is 38.2 Å². The SMILES string of the molecule is CN=C(NCCCc1nc2ccccc2[nH]1)N1CCC(C)CC1. The fourth-order valence-electron chi connectivity index (χ4n) is 3.13. The molecule has 1 fully saturated rings. The van der Waals surface area contributed by atoms with Gasteiger partial charge in [0.15, 0.2) is 5.96 Å². The number of fused-ring (bicyclic) bond motifs is 1. The van der Waals surface area contributed by atoms with Crippen molar-refractivity contribution in [2.24, 2.45) is 10.9 Å². The molecule has 5 nitrogen and oxygen atoms in total. The first-order chi connectivity index (χ1) is 11.3. The largest absolute Gasteiger partial charge is 0.356 e. The molecule has 124 valence electrons. The van der Waals surface area contributed by atoms with Gasteiger partial charge in [-0.3, -0.25) is 4.99 Å². The lowest BCUT2D eigenvalue weighted by atomic mass is 10.00. The lowest BCUT2D eigenvalue weighted by Crippen LogP contribution is -2.45. The molecule has 1 aliphatic rings. The Kier molecular flexibility index (Phi) is 5.16. The van der Waals surface area contributed by atoms with Crippen LogP contribution in [0.4, 0.5) is 0 Å². The number of likely N-dealkylation sites (tertiary alicyclic amines) is 1. The standard InChI is InChI=1S/C18H27N5/c1-14-9-12-23(13-10-14)18(19-2)20-11-5-8-17-21-15-6-3-4-7-16(15)22-17/h3-4,6-7,14H,5,8-13H2,1-2H3,(H,19,20)(H,21,22). The van der Waals surface area contributed by atoms with Crippen LogP contribution in [-0.2, 0) is 6.42 Å². The third kappa shape index (κ3) is 4.03. The van der Waals surface area contributed by atoms with Gasteiger partial charge in [0.2, 0.25) is 0 Å². The molecular weight excluding hydrogens is 286 g/mol. The molecule has 1 aromatic carbocycles. The quantitative estimate of drug-likeness (QED) is 0.518. The fourth-order valence-corrected chi connectivity index (χ4v) is 3.13. The predicted molar refractivity (Wildman–Crippen MR) is 95.7 cm³/mol. The number of para-hydroxylation sites is 2. The van der Waals surface area contributed by atoms with Crippen LogP contribution in [0.2, 0.25) is 0 Å². The number of aryl methyl sites for hydroxylation is 1. The van der Waals surface area contributed by atoms with E-state index in [-0.39, 0.29) is 0 Å². The van der Waals surface area contributed by atoms with E-state index < -0.39 is 0 Å². The predicted octanol–water partition coefficient (Wildman–Crippen LogP) is 2.80. The number of nitrogens with one attached hydrogen (secondary N) is 2. The molecule has 2 aromatic rings. The molecule has 0 unspecified atom stereocenters. The highest BCUT2D eigenvalue weighted by molar-refractivity contribution is 5.80. The van der Waals surface area contributed by atoms with Crippen LogP contribution in [0, 0.1) is 5.92 Å². The number of aliphatic imine (C=N–C) groups is 1. The normalized spacial score (nSPS) is 17.0. The first-order valence-corrected chi connectivity index (χ1v) is 8.65. The maximum Gasteiger partial charge on any atom is 0.193 e. The summed E-state index contributed by atoms with van der Waals surface area (Å²) in [7, 11) is 1.87. The lowest BCUT2D eigenvalue weighted by Gasteiger charge is -2.32. The van der Waals surface area contributed by atoms with Gasteiger partial charge in [0.1, 0.15) is 5.82 Å². The summed E-state index contributed by atoms with van der Waals surface area (Å²) in [5.74, 6) is 2.95. The van der Waals surface area contributed by atoms with E-state index in [0.717, 1.165) is 61.2 Å². The van der Waals surface area contributed by atoms with Crippen LogP contribution in [-0.4, -0.2) is 47.5 Å². The molecule has 1 saturated heterocycles. The minimum Gasteiger partial charge on any atom is -0.356 e. The maximum absolute atomic E-state index is 4.62. The molecule has 2 heterocycles. The summed E-state index contributed by atoms with van der Waals surface area (Å²) in [4.78, 5) is 14.8.